The predicted molar refractivity (Wildman–Crippen MR) is 149 cm³/mol. The zero-order valence-corrected chi connectivity index (χ0v) is 23.4. The zero-order chi connectivity index (χ0) is 28.4. The molecule has 3 aromatic carbocycles. The summed E-state index contributed by atoms with van der Waals surface area (Å²) in [7, 11) is 4.38. The lowest BCUT2D eigenvalue weighted by Crippen LogP contribution is -2.30. The molecule has 1 amide bonds. The summed E-state index contributed by atoms with van der Waals surface area (Å²) in [5, 5.41) is 11.9. The average molecular weight is 552 g/mol. The number of hydrogen-bond acceptors (Lipinski definition) is 7. The molecule has 204 valence electrons. The topological polar surface area (TPSA) is 94.5 Å². The van der Waals surface area contributed by atoms with E-state index in [2.05, 4.69) is 0 Å². The second-order valence-corrected chi connectivity index (χ2v) is 9.40. The standard InChI is InChI=1S/C30H30ClNO7/c1-7-39-25-13-18(10-11-22(25)36-4)27-26(28(33)19-14-24(38-6)20(31)15-23(19)37-5)29(34)30(35)32(27)21-12-16(2)8-9-17(21)3/h8-15,27,33H,7H2,1-6H3/b28-26+. The van der Waals surface area contributed by atoms with Crippen molar-refractivity contribution in [3.8, 4) is 23.0 Å². The highest BCUT2D eigenvalue weighted by Crippen LogP contribution is 2.46. The van der Waals surface area contributed by atoms with Gasteiger partial charge in [-0.1, -0.05) is 29.8 Å². The number of ether oxygens (including phenoxy) is 4. The van der Waals surface area contributed by atoms with Crippen LogP contribution in [0.4, 0.5) is 5.69 Å². The highest BCUT2D eigenvalue weighted by molar-refractivity contribution is 6.52. The second-order valence-electron chi connectivity index (χ2n) is 8.99. The van der Waals surface area contributed by atoms with E-state index in [1.807, 2.05) is 39.0 Å². The number of aliphatic hydroxyl groups excluding tert-OH is 1. The van der Waals surface area contributed by atoms with Gasteiger partial charge in [0.1, 0.15) is 17.3 Å². The van der Waals surface area contributed by atoms with Gasteiger partial charge in [0.2, 0.25) is 0 Å². The summed E-state index contributed by atoms with van der Waals surface area (Å²) in [6.07, 6.45) is 0. The summed E-state index contributed by atoms with van der Waals surface area (Å²) in [6.45, 7) is 5.98. The van der Waals surface area contributed by atoms with Gasteiger partial charge in [0.05, 0.1) is 50.1 Å². The predicted octanol–water partition coefficient (Wildman–Crippen LogP) is 6.01. The number of aryl methyl sites for hydroxylation is 2. The minimum atomic E-state index is -0.984. The van der Waals surface area contributed by atoms with Gasteiger partial charge in [-0.05, 0) is 61.7 Å². The molecule has 1 aliphatic heterocycles. The minimum absolute atomic E-state index is 0.115. The van der Waals surface area contributed by atoms with Crippen LogP contribution < -0.4 is 23.8 Å². The van der Waals surface area contributed by atoms with Crippen LogP contribution >= 0.6 is 11.6 Å². The summed E-state index contributed by atoms with van der Waals surface area (Å²) >= 11 is 6.27. The molecule has 1 atom stereocenters. The first-order valence-electron chi connectivity index (χ1n) is 12.3. The van der Waals surface area contributed by atoms with Gasteiger partial charge in [0, 0.05) is 11.8 Å². The highest BCUT2D eigenvalue weighted by Gasteiger charge is 2.48. The average Bonchev–Trinajstić information content (AvgIpc) is 3.19. The van der Waals surface area contributed by atoms with Crippen molar-refractivity contribution in [3.05, 3.63) is 81.4 Å². The molecule has 1 unspecified atom stereocenters. The van der Waals surface area contributed by atoms with Crippen molar-refractivity contribution in [2.24, 2.45) is 0 Å². The van der Waals surface area contributed by atoms with Crippen LogP contribution in [0.3, 0.4) is 0 Å². The van der Waals surface area contributed by atoms with Gasteiger partial charge < -0.3 is 24.1 Å². The number of ketones is 1. The van der Waals surface area contributed by atoms with E-state index < -0.39 is 23.5 Å². The van der Waals surface area contributed by atoms with E-state index >= 15 is 0 Å². The number of anilines is 1. The van der Waals surface area contributed by atoms with E-state index in [9.17, 15) is 14.7 Å². The smallest absolute Gasteiger partial charge is 0.300 e. The normalized spacial score (nSPS) is 16.4. The molecule has 0 aromatic heterocycles. The molecular weight excluding hydrogens is 522 g/mol. The maximum atomic E-state index is 13.7. The largest absolute Gasteiger partial charge is 0.507 e. The number of benzene rings is 3. The molecule has 1 fully saturated rings. The Bertz CT molecular complexity index is 1480. The Labute approximate surface area is 232 Å². The molecule has 1 aliphatic rings. The molecule has 8 nitrogen and oxygen atoms in total. The van der Waals surface area contributed by atoms with Gasteiger partial charge in [-0.25, -0.2) is 0 Å². The summed E-state index contributed by atoms with van der Waals surface area (Å²) in [4.78, 5) is 28.7. The van der Waals surface area contributed by atoms with Gasteiger partial charge in [-0.2, -0.15) is 0 Å². The third-order valence-electron chi connectivity index (χ3n) is 6.60. The lowest BCUT2D eigenvalue weighted by atomic mass is 9.94. The fraction of sp³-hybridized carbons (Fsp3) is 0.267. The van der Waals surface area contributed by atoms with Gasteiger partial charge in [-0.15, -0.1) is 0 Å². The van der Waals surface area contributed by atoms with Crippen molar-refractivity contribution in [2.45, 2.75) is 26.8 Å². The monoisotopic (exact) mass is 551 g/mol. The fourth-order valence-electron chi connectivity index (χ4n) is 4.70. The van der Waals surface area contributed by atoms with Crippen LogP contribution in [0, 0.1) is 13.8 Å². The van der Waals surface area contributed by atoms with E-state index in [1.54, 1.807) is 18.2 Å². The Balaban J connectivity index is 2.05. The molecule has 3 aromatic rings. The third-order valence-corrected chi connectivity index (χ3v) is 6.90. The Morgan fingerprint density at radius 3 is 2.23 bits per heavy atom. The molecule has 0 aliphatic carbocycles. The molecule has 0 saturated carbocycles. The molecule has 0 spiro atoms. The van der Waals surface area contributed by atoms with Crippen molar-refractivity contribution in [1.29, 1.82) is 0 Å². The molecule has 0 bridgehead atoms. The quantitative estimate of drug-likeness (QED) is 0.208. The van der Waals surface area contributed by atoms with E-state index in [0.29, 0.717) is 29.4 Å². The van der Waals surface area contributed by atoms with Crippen molar-refractivity contribution < 1.29 is 33.6 Å². The summed E-state index contributed by atoms with van der Waals surface area (Å²) in [6, 6.07) is 12.8. The van der Waals surface area contributed by atoms with E-state index in [4.69, 9.17) is 30.5 Å². The van der Waals surface area contributed by atoms with Crippen LogP contribution in [0.15, 0.2) is 54.1 Å². The summed E-state index contributed by atoms with van der Waals surface area (Å²) in [5.41, 5.74) is 2.83. The van der Waals surface area contributed by atoms with Crippen LogP contribution in [0.1, 0.15) is 35.2 Å². The first-order chi connectivity index (χ1) is 18.7. The van der Waals surface area contributed by atoms with E-state index in [1.165, 1.54) is 38.4 Å². The number of amides is 1. The molecule has 0 radical (unpaired) electrons. The van der Waals surface area contributed by atoms with Crippen LogP contribution in [-0.4, -0.2) is 44.7 Å². The molecule has 39 heavy (non-hydrogen) atoms. The van der Waals surface area contributed by atoms with Crippen LogP contribution in [0.5, 0.6) is 23.0 Å². The number of nitrogens with zero attached hydrogens (tertiary/aromatic N) is 1. The van der Waals surface area contributed by atoms with E-state index in [0.717, 1.165) is 11.1 Å². The van der Waals surface area contributed by atoms with Crippen molar-refractivity contribution >= 4 is 34.7 Å². The molecule has 9 heteroatoms. The molecule has 1 saturated heterocycles. The third kappa shape index (κ3) is 5.00. The Morgan fingerprint density at radius 2 is 1.59 bits per heavy atom. The number of Topliss-reactive ketones (excluding diaryl/α,β-unsaturated/α-hetero) is 1. The van der Waals surface area contributed by atoms with Gasteiger partial charge in [-0.3, -0.25) is 14.5 Å². The van der Waals surface area contributed by atoms with Gasteiger partial charge >= 0.3 is 0 Å². The number of aliphatic hydroxyl groups is 1. The Kier molecular flexibility index (Phi) is 8.06. The lowest BCUT2D eigenvalue weighted by Gasteiger charge is -2.28. The first kappa shape index (κ1) is 27.9. The first-order valence-corrected chi connectivity index (χ1v) is 12.6. The fourth-order valence-corrected chi connectivity index (χ4v) is 4.93. The van der Waals surface area contributed by atoms with Gasteiger partial charge in [0.25, 0.3) is 11.7 Å². The zero-order valence-electron chi connectivity index (χ0n) is 22.6. The van der Waals surface area contributed by atoms with Crippen molar-refractivity contribution in [2.75, 3.05) is 32.8 Å². The van der Waals surface area contributed by atoms with E-state index in [-0.39, 0.29) is 27.7 Å². The second kappa shape index (κ2) is 11.3. The number of methoxy groups -OCH3 is 3. The highest BCUT2D eigenvalue weighted by atomic mass is 35.5. The van der Waals surface area contributed by atoms with Gasteiger partial charge in [0.15, 0.2) is 11.5 Å². The molecule has 1 N–H and O–H groups in total. The SMILES string of the molecule is CCOc1cc(C2/C(=C(\O)c3cc(OC)c(Cl)cc3OC)C(=O)C(=O)N2c2cc(C)ccc2C)ccc1OC. The van der Waals surface area contributed by atoms with Crippen LogP contribution in [0.2, 0.25) is 5.02 Å². The number of carbonyl (C=O) groups is 2. The summed E-state index contributed by atoms with van der Waals surface area (Å²) in [5.74, 6) is -0.635. The van der Waals surface area contributed by atoms with Crippen LogP contribution in [0.25, 0.3) is 5.76 Å². The van der Waals surface area contributed by atoms with Crippen molar-refractivity contribution in [1.82, 2.24) is 0 Å². The number of hydrogen-bond donors (Lipinski definition) is 1. The Hall–Kier alpha value is -4.17. The number of rotatable bonds is 8. The Morgan fingerprint density at radius 1 is 0.897 bits per heavy atom. The number of carbonyl (C=O) groups excluding carboxylic acids is 2. The molecular formula is C30H30ClNO7. The maximum absolute atomic E-state index is 13.7. The lowest BCUT2D eigenvalue weighted by molar-refractivity contribution is -0.132. The summed E-state index contributed by atoms with van der Waals surface area (Å²) < 4.78 is 22.0. The maximum Gasteiger partial charge on any atom is 0.300 e. The molecule has 1 heterocycles. The minimum Gasteiger partial charge on any atom is -0.507 e. The number of halogens is 1. The molecule has 4 rings (SSSR count). The van der Waals surface area contributed by atoms with Crippen LogP contribution in [-0.2, 0) is 9.59 Å². The van der Waals surface area contributed by atoms with Crippen molar-refractivity contribution in [3.63, 3.8) is 0 Å².